The van der Waals surface area contributed by atoms with Crippen LogP contribution in [0.1, 0.15) is 17.5 Å². The molecular formula is C25H21NO2. The number of para-hydroxylation sites is 1. The van der Waals surface area contributed by atoms with Gasteiger partial charge in [0.25, 0.3) is 0 Å². The minimum Gasteiger partial charge on any atom is -0.427 e. The molecule has 0 N–H and O–H groups in total. The highest BCUT2D eigenvalue weighted by Crippen LogP contribution is 2.26. The van der Waals surface area contributed by atoms with Crippen molar-refractivity contribution in [3.8, 4) is 17.0 Å². The van der Waals surface area contributed by atoms with Gasteiger partial charge in [-0.1, -0.05) is 60.2 Å². The second-order valence-corrected chi connectivity index (χ2v) is 6.84. The van der Waals surface area contributed by atoms with Crippen LogP contribution in [0.4, 0.5) is 0 Å². The minimum absolute atomic E-state index is 0.231. The smallest absolute Gasteiger partial charge is 0.311 e. The Morgan fingerprint density at radius 2 is 1.61 bits per heavy atom. The third-order valence-corrected chi connectivity index (χ3v) is 4.69. The van der Waals surface area contributed by atoms with Gasteiger partial charge >= 0.3 is 5.97 Å². The van der Waals surface area contributed by atoms with Gasteiger partial charge in [0.15, 0.2) is 0 Å². The molecule has 0 aliphatic rings. The molecule has 0 bridgehead atoms. The highest BCUT2D eigenvalue weighted by Gasteiger charge is 2.11. The monoisotopic (exact) mass is 367 g/mol. The van der Waals surface area contributed by atoms with Crippen LogP contribution in [0.25, 0.3) is 22.2 Å². The third kappa shape index (κ3) is 4.09. The van der Waals surface area contributed by atoms with Crippen LogP contribution in [0.3, 0.4) is 0 Å². The number of carbonyl (C=O) groups is 1. The summed E-state index contributed by atoms with van der Waals surface area (Å²) in [6, 6.07) is 27.6. The van der Waals surface area contributed by atoms with E-state index in [1.54, 1.807) is 12.1 Å². The predicted molar refractivity (Wildman–Crippen MR) is 112 cm³/mol. The number of aromatic nitrogens is 1. The molecule has 138 valence electrons. The van der Waals surface area contributed by atoms with Crippen molar-refractivity contribution in [3.63, 3.8) is 0 Å². The first-order valence-electron chi connectivity index (χ1n) is 9.40. The summed E-state index contributed by atoms with van der Waals surface area (Å²) in [4.78, 5) is 17.1. The Labute approximate surface area is 164 Å². The van der Waals surface area contributed by atoms with E-state index >= 15 is 0 Å². The molecule has 0 atom stereocenters. The highest BCUT2D eigenvalue weighted by atomic mass is 16.5. The van der Waals surface area contributed by atoms with E-state index in [2.05, 4.69) is 37.3 Å². The fraction of sp³-hybridized carbons (Fsp3) is 0.120. The summed E-state index contributed by atoms with van der Waals surface area (Å²) < 4.78 is 5.43. The van der Waals surface area contributed by atoms with Gasteiger partial charge in [-0.25, -0.2) is 4.98 Å². The van der Waals surface area contributed by atoms with Crippen LogP contribution in [0.2, 0.25) is 0 Å². The van der Waals surface area contributed by atoms with Gasteiger partial charge in [0.1, 0.15) is 5.75 Å². The van der Waals surface area contributed by atoms with Crippen molar-refractivity contribution >= 4 is 16.9 Å². The van der Waals surface area contributed by atoms with E-state index in [1.807, 2.05) is 42.5 Å². The van der Waals surface area contributed by atoms with Crippen LogP contribution in [0.15, 0.2) is 84.9 Å². The lowest BCUT2D eigenvalue weighted by Gasteiger charge is -2.11. The second kappa shape index (κ2) is 8.05. The number of rotatable bonds is 5. The van der Waals surface area contributed by atoms with Gasteiger partial charge < -0.3 is 4.74 Å². The number of ether oxygens (including phenoxy) is 1. The summed E-state index contributed by atoms with van der Waals surface area (Å²) in [6.07, 6.45) is 0.921. The maximum Gasteiger partial charge on any atom is 0.311 e. The Bertz CT molecular complexity index is 1110. The molecule has 1 aromatic heterocycles. The van der Waals surface area contributed by atoms with Crippen molar-refractivity contribution in [2.75, 3.05) is 0 Å². The third-order valence-electron chi connectivity index (χ3n) is 4.69. The van der Waals surface area contributed by atoms with E-state index in [4.69, 9.17) is 9.72 Å². The zero-order chi connectivity index (χ0) is 19.3. The van der Waals surface area contributed by atoms with Crippen LogP contribution in [-0.4, -0.2) is 11.0 Å². The Morgan fingerprint density at radius 3 is 2.36 bits per heavy atom. The molecular weight excluding hydrogens is 346 g/mol. The molecule has 3 heteroatoms. The van der Waals surface area contributed by atoms with Crippen LogP contribution >= 0.6 is 0 Å². The van der Waals surface area contributed by atoms with Crippen LogP contribution < -0.4 is 4.74 Å². The molecule has 0 unspecified atom stereocenters. The number of hydrogen-bond donors (Lipinski definition) is 0. The fourth-order valence-corrected chi connectivity index (χ4v) is 3.28. The lowest BCUT2D eigenvalue weighted by Crippen LogP contribution is -2.09. The molecule has 0 aliphatic carbocycles. The number of hydrogen-bond acceptors (Lipinski definition) is 3. The Kier molecular flexibility index (Phi) is 5.16. The second-order valence-electron chi connectivity index (χ2n) is 6.84. The van der Waals surface area contributed by atoms with E-state index in [0.717, 1.165) is 27.7 Å². The number of benzene rings is 3. The fourth-order valence-electron chi connectivity index (χ4n) is 3.28. The molecule has 0 saturated heterocycles. The van der Waals surface area contributed by atoms with E-state index in [9.17, 15) is 4.79 Å². The number of esters is 1. The largest absolute Gasteiger partial charge is 0.427 e. The quantitative estimate of drug-likeness (QED) is 0.333. The van der Waals surface area contributed by atoms with E-state index in [0.29, 0.717) is 18.6 Å². The molecule has 4 rings (SSSR count). The molecule has 0 aliphatic heterocycles. The van der Waals surface area contributed by atoms with Crippen molar-refractivity contribution < 1.29 is 9.53 Å². The average molecular weight is 367 g/mol. The summed E-state index contributed by atoms with van der Waals surface area (Å²) in [7, 11) is 0. The van der Waals surface area contributed by atoms with Crippen LogP contribution in [-0.2, 0) is 11.2 Å². The molecule has 3 nitrogen and oxygen atoms in total. The number of pyridine rings is 1. The van der Waals surface area contributed by atoms with Crippen molar-refractivity contribution in [1.29, 1.82) is 0 Å². The lowest BCUT2D eigenvalue weighted by atomic mass is 9.99. The standard InChI is InChI=1S/C25H21NO2/c1-18-12-14-23-22(16-18)20(17-24(26-23)19-8-4-2-5-9-19)13-15-25(27)28-21-10-6-3-7-11-21/h2-12,14,16-17H,13,15H2,1H3. The van der Waals surface area contributed by atoms with Crippen LogP contribution in [0.5, 0.6) is 5.75 Å². The van der Waals surface area contributed by atoms with Crippen molar-refractivity contribution in [3.05, 3.63) is 96.1 Å². The minimum atomic E-state index is -0.231. The Hall–Kier alpha value is -3.46. The van der Waals surface area contributed by atoms with Crippen molar-refractivity contribution in [2.45, 2.75) is 19.8 Å². The first kappa shape index (κ1) is 17.9. The molecule has 28 heavy (non-hydrogen) atoms. The van der Waals surface area contributed by atoms with E-state index < -0.39 is 0 Å². The maximum atomic E-state index is 12.3. The molecule has 0 spiro atoms. The van der Waals surface area contributed by atoms with Gasteiger partial charge in [0.05, 0.1) is 17.6 Å². The summed E-state index contributed by atoms with van der Waals surface area (Å²) >= 11 is 0. The average Bonchev–Trinajstić information content (AvgIpc) is 2.73. The van der Waals surface area contributed by atoms with E-state index in [1.165, 1.54) is 5.56 Å². The summed E-state index contributed by atoms with van der Waals surface area (Å²) in [6.45, 7) is 2.07. The van der Waals surface area contributed by atoms with Gasteiger partial charge in [-0.15, -0.1) is 0 Å². The number of fused-ring (bicyclic) bond motifs is 1. The lowest BCUT2D eigenvalue weighted by molar-refractivity contribution is -0.134. The topological polar surface area (TPSA) is 39.2 Å². The van der Waals surface area contributed by atoms with Gasteiger partial charge in [-0.2, -0.15) is 0 Å². The van der Waals surface area contributed by atoms with Gasteiger partial charge in [0, 0.05) is 10.9 Å². The molecule has 0 amide bonds. The number of nitrogens with zero attached hydrogens (tertiary/aromatic N) is 1. The zero-order valence-electron chi connectivity index (χ0n) is 15.8. The summed E-state index contributed by atoms with van der Waals surface area (Å²) in [5.74, 6) is 0.345. The molecule has 4 aromatic rings. The number of aryl methyl sites for hydroxylation is 2. The predicted octanol–water partition coefficient (Wildman–Crippen LogP) is 5.75. The normalized spacial score (nSPS) is 10.8. The first-order valence-corrected chi connectivity index (χ1v) is 9.40. The number of carbonyl (C=O) groups excluding carboxylic acids is 1. The molecule has 1 heterocycles. The Balaban J connectivity index is 1.63. The van der Waals surface area contributed by atoms with Crippen LogP contribution in [0, 0.1) is 6.92 Å². The SMILES string of the molecule is Cc1ccc2nc(-c3ccccc3)cc(CCC(=O)Oc3ccccc3)c2c1. The van der Waals surface area contributed by atoms with Crippen molar-refractivity contribution in [2.24, 2.45) is 0 Å². The highest BCUT2D eigenvalue weighted by molar-refractivity contribution is 5.86. The van der Waals surface area contributed by atoms with Gasteiger partial charge in [0.2, 0.25) is 0 Å². The first-order chi connectivity index (χ1) is 13.7. The molecule has 3 aromatic carbocycles. The maximum absolute atomic E-state index is 12.3. The zero-order valence-corrected chi connectivity index (χ0v) is 15.8. The van der Waals surface area contributed by atoms with Gasteiger partial charge in [-0.3, -0.25) is 4.79 Å². The summed E-state index contributed by atoms with van der Waals surface area (Å²) in [5.41, 5.74) is 5.22. The van der Waals surface area contributed by atoms with E-state index in [-0.39, 0.29) is 5.97 Å². The summed E-state index contributed by atoms with van der Waals surface area (Å²) in [5, 5.41) is 1.09. The Morgan fingerprint density at radius 1 is 0.893 bits per heavy atom. The van der Waals surface area contributed by atoms with Gasteiger partial charge in [-0.05, 0) is 49.2 Å². The van der Waals surface area contributed by atoms with Crippen molar-refractivity contribution in [1.82, 2.24) is 4.98 Å². The molecule has 0 saturated carbocycles. The molecule has 0 fully saturated rings. The molecule has 0 radical (unpaired) electrons.